The molecule has 12 heteroatoms. The predicted molar refractivity (Wildman–Crippen MR) is 140 cm³/mol. The predicted octanol–water partition coefficient (Wildman–Crippen LogP) is 4.24. The summed E-state index contributed by atoms with van der Waals surface area (Å²) in [4.78, 5) is 17.4. The molecule has 1 amide bonds. The smallest absolute Gasteiger partial charge is 0.388 e. The van der Waals surface area contributed by atoms with Crippen molar-refractivity contribution in [3.05, 3.63) is 58.7 Å². The molecule has 2 heterocycles. The number of carbonyl (C=O) groups is 1. The average Bonchev–Trinajstić information content (AvgIpc) is 3.13. The Hall–Kier alpha value is -2.57. The number of hydrogen-bond donors (Lipinski definition) is 2. The number of alkyl halides is 3. The summed E-state index contributed by atoms with van der Waals surface area (Å²) in [5.41, 5.74) is -1.13. The highest BCUT2D eigenvalue weighted by molar-refractivity contribution is 8.00. The van der Waals surface area contributed by atoms with Crippen LogP contribution in [0.25, 0.3) is 0 Å². The molecule has 0 aliphatic carbocycles. The Labute approximate surface area is 219 Å². The van der Waals surface area contributed by atoms with Gasteiger partial charge in [-0.3, -0.25) is 9.79 Å². The first kappa shape index (κ1) is 27.5. The number of halogens is 3. The van der Waals surface area contributed by atoms with Gasteiger partial charge in [-0.25, -0.2) is 12.7 Å². The standard InChI is InChI=1S/C25H29F3N4O3S2/c1-16-13-19(29-3)14-17(2)21(16)7-12-37(34,35)32-10-8-24(9-11-32)23(33)30-22(31-24)18-5-4-6-20(15-18)36-25(26,27)28/h4-6,13-15,29H,7-12H2,1-3H3,(H,30,31,33). The lowest BCUT2D eigenvalue weighted by Crippen LogP contribution is -2.50. The fourth-order valence-corrected chi connectivity index (χ4v) is 6.92. The molecule has 0 radical (unpaired) electrons. The van der Waals surface area contributed by atoms with Crippen molar-refractivity contribution in [2.24, 2.45) is 4.99 Å². The van der Waals surface area contributed by atoms with Crippen LogP contribution < -0.4 is 10.6 Å². The fraction of sp³-hybridized carbons (Fsp3) is 0.440. The van der Waals surface area contributed by atoms with E-state index in [1.165, 1.54) is 22.5 Å². The number of rotatable bonds is 7. The summed E-state index contributed by atoms with van der Waals surface area (Å²) in [6.45, 7) is 4.22. The second kappa shape index (κ2) is 10.3. The first-order valence-corrected chi connectivity index (χ1v) is 14.3. The lowest BCUT2D eigenvalue weighted by molar-refractivity contribution is -0.124. The fourth-order valence-electron chi connectivity index (χ4n) is 4.86. The number of thioether (sulfide) groups is 1. The Bertz CT molecular complexity index is 1310. The minimum atomic E-state index is -4.42. The van der Waals surface area contributed by atoms with Crippen molar-refractivity contribution < 1.29 is 26.4 Å². The van der Waals surface area contributed by atoms with Gasteiger partial charge in [0.2, 0.25) is 10.0 Å². The van der Waals surface area contributed by atoms with Crippen molar-refractivity contribution in [2.75, 3.05) is 31.2 Å². The van der Waals surface area contributed by atoms with E-state index in [0.29, 0.717) is 12.0 Å². The third kappa shape index (κ3) is 6.12. The topological polar surface area (TPSA) is 90.9 Å². The minimum Gasteiger partial charge on any atom is -0.388 e. The van der Waals surface area contributed by atoms with Gasteiger partial charge in [0.05, 0.1) is 5.75 Å². The van der Waals surface area contributed by atoms with Crippen LogP contribution in [0.3, 0.4) is 0 Å². The number of anilines is 1. The SMILES string of the molecule is CNc1cc(C)c(CCS(=O)(=O)N2CCC3(CC2)N=C(c2cccc(SC(F)(F)F)c2)NC3=O)c(C)c1. The Morgan fingerprint density at radius 2 is 1.78 bits per heavy atom. The monoisotopic (exact) mass is 554 g/mol. The highest BCUT2D eigenvalue weighted by atomic mass is 32.2. The lowest BCUT2D eigenvalue weighted by atomic mass is 9.89. The number of carbonyl (C=O) groups excluding carboxylic acids is 1. The van der Waals surface area contributed by atoms with Gasteiger partial charge in [-0.05, 0) is 85.8 Å². The second-order valence-corrected chi connectivity index (χ2v) is 12.6. The number of sulfonamides is 1. The van der Waals surface area contributed by atoms with Gasteiger partial charge in [0, 0.05) is 36.3 Å². The highest BCUT2D eigenvalue weighted by Gasteiger charge is 2.47. The molecular formula is C25H29F3N4O3S2. The molecule has 4 rings (SSSR count). The normalized spacial score (nSPS) is 18.1. The first-order valence-electron chi connectivity index (χ1n) is 11.9. The molecule has 0 saturated carbocycles. The number of nitrogens with one attached hydrogen (secondary N) is 2. The van der Waals surface area contributed by atoms with E-state index in [9.17, 15) is 26.4 Å². The maximum atomic E-state index is 13.1. The summed E-state index contributed by atoms with van der Waals surface area (Å²) in [6, 6.07) is 9.73. The molecule has 200 valence electrons. The van der Waals surface area contributed by atoms with Gasteiger partial charge >= 0.3 is 5.51 Å². The number of aliphatic imine (C=N–C) groups is 1. The molecule has 2 aromatic rings. The summed E-state index contributed by atoms with van der Waals surface area (Å²) < 4.78 is 65.9. The van der Waals surface area contributed by atoms with Crippen LogP contribution in [-0.4, -0.2) is 61.4 Å². The van der Waals surface area contributed by atoms with Crippen LogP contribution >= 0.6 is 11.8 Å². The zero-order chi connectivity index (χ0) is 27.0. The number of hydrogen-bond acceptors (Lipinski definition) is 6. The second-order valence-electron chi connectivity index (χ2n) is 9.33. The van der Waals surface area contributed by atoms with E-state index in [2.05, 4.69) is 15.6 Å². The molecule has 0 bridgehead atoms. The molecule has 37 heavy (non-hydrogen) atoms. The molecular weight excluding hydrogens is 525 g/mol. The van der Waals surface area contributed by atoms with Crippen molar-refractivity contribution in [3.8, 4) is 0 Å². The van der Waals surface area contributed by atoms with Gasteiger partial charge in [-0.1, -0.05) is 12.1 Å². The summed E-state index contributed by atoms with van der Waals surface area (Å²) >= 11 is -0.233. The Kier molecular flexibility index (Phi) is 7.64. The third-order valence-corrected chi connectivity index (χ3v) is 9.45. The van der Waals surface area contributed by atoms with E-state index < -0.39 is 21.1 Å². The average molecular weight is 555 g/mol. The Morgan fingerprint density at radius 3 is 2.38 bits per heavy atom. The van der Waals surface area contributed by atoms with E-state index in [-0.39, 0.29) is 60.1 Å². The van der Waals surface area contributed by atoms with Crippen LogP contribution in [0.15, 0.2) is 46.3 Å². The van der Waals surface area contributed by atoms with E-state index in [1.54, 1.807) is 6.07 Å². The Balaban J connectivity index is 1.43. The van der Waals surface area contributed by atoms with Crippen LogP contribution in [0, 0.1) is 13.8 Å². The molecule has 0 atom stereocenters. The number of nitrogens with zero attached hydrogens (tertiary/aromatic N) is 2. The number of amidine groups is 1. The number of piperidine rings is 1. The van der Waals surface area contributed by atoms with Gasteiger partial charge in [-0.2, -0.15) is 13.2 Å². The van der Waals surface area contributed by atoms with Crippen molar-refractivity contribution in [2.45, 2.75) is 49.1 Å². The zero-order valence-electron chi connectivity index (χ0n) is 20.8. The van der Waals surface area contributed by atoms with E-state index in [1.807, 2.05) is 33.0 Å². The molecule has 2 N–H and O–H groups in total. The van der Waals surface area contributed by atoms with E-state index in [0.717, 1.165) is 22.4 Å². The lowest BCUT2D eigenvalue weighted by Gasteiger charge is -2.34. The molecule has 2 aliphatic rings. The molecule has 1 spiro atoms. The van der Waals surface area contributed by atoms with Crippen molar-refractivity contribution in [1.82, 2.24) is 9.62 Å². The van der Waals surface area contributed by atoms with Crippen LogP contribution in [0.5, 0.6) is 0 Å². The molecule has 2 aliphatic heterocycles. The van der Waals surface area contributed by atoms with Crippen LogP contribution in [-0.2, 0) is 21.2 Å². The van der Waals surface area contributed by atoms with Crippen LogP contribution in [0.4, 0.5) is 18.9 Å². The molecule has 1 saturated heterocycles. The molecule has 7 nitrogen and oxygen atoms in total. The molecule has 2 aromatic carbocycles. The third-order valence-electron chi connectivity index (χ3n) is 6.86. The van der Waals surface area contributed by atoms with Gasteiger partial charge in [0.25, 0.3) is 5.91 Å². The van der Waals surface area contributed by atoms with Gasteiger partial charge < -0.3 is 10.6 Å². The van der Waals surface area contributed by atoms with Gasteiger partial charge in [-0.15, -0.1) is 0 Å². The summed E-state index contributed by atoms with van der Waals surface area (Å²) in [6.07, 6.45) is 0.793. The maximum absolute atomic E-state index is 13.1. The van der Waals surface area contributed by atoms with Gasteiger partial charge in [0.15, 0.2) is 0 Å². The van der Waals surface area contributed by atoms with Gasteiger partial charge in [0.1, 0.15) is 11.4 Å². The minimum absolute atomic E-state index is 0.00474. The van der Waals surface area contributed by atoms with Crippen molar-refractivity contribution >= 4 is 39.2 Å². The number of benzene rings is 2. The molecule has 0 aromatic heterocycles. The summed E-state index contributed by atoms with van der Waals surface area (Å²) in [7, 11) is -1.72. The zero-order valence-corrected chi connectivity index (χ0v) is 22.4. The first-order chi connectivity index (χ1) is 17.3. The van der Waals surface area contributed by atoms with E-state index in [4.69, 9.17) is 0 Å². The largest absolute Gasteiger partial charge is 0.446 e. The summed E-state index contributed by atoms with van der Waals surface area (Å²) in [5.74, 6) is -0.184. The summed E-state index contributed by atoms with van der Waals surface area (Å²) in [5, 5.41) is 5.79. The van der Waals surface area contributed by atoms with Crippen molar-refractivity contribution in [1.29, 1.82) is 0 Å². The Morgan fingerprint density at radius 1 is 1.14 bits per heavy atom. The highest BCUT2D eigenvalue weighted by Crippen LogP contribution is 2.38. The maximum Gasteiger partial charge on any atom is 0.446 e. The van der Waals surface area contributed by atoms with Crippen molar-refractivity contribution in [3.63, 3.8) is 0 Å². The quantitative estimate of drug-likeness (QED) is 0.500. The number of aryl methyl sites for hydroxylation is 2. The molecule has 1 fully saturated rings. The number of amides is 1. The molecule has 0 unspecified atom stereocenters. The van der Waals surface area contributed by atoms with E-state index >= 15 is 0 Å². The van der Waals surface area contributed by atoms with Crippen LogP contribution in [0.1, 0.15) is 35.1 Å². The van der Waals surface area contributed by atoms with Crippen LogP contribution in [0.2, 0.25) is 0 Å².